The molecule has 1 aliphatic rings. The van der Waals surface area contributed by atoms with E-state index in [0.29, 0.717) is 17.1 Å². The van der Waals surface area contributed by atoms with Crippen LogP contribution in [0.1, 0.15) is 20.7 Å². The number of anilines is 1. The molecule has 0 amide bonds. The van der Waals surface area contributed by atoms with E-state index >= 15 is 0 Å². The average molecular weight is 469 g/mol. The first-order valence-electron chi connectivity index (χ1n) is 9.48. The molecule has 3 aromatic carbocycles. The van der Waals surface area contributed by atoms with Crippen molar-refractivity contribution in [2.45, 2.75) is 10.3 Å². The lowest BCUT2D eigenvalue weighted by atomic mass is 9.88. The van der Waals surface area contributed by atoms with Gasteiger partial charge in [0.2, 0.25) is 5.78 Å². The molecule has 0 spiro atoms. The van der Waals surface area contributed by atoms with Gasteiger partial charge in [-0.2, -0.15) is 0 Å². The molecular weight excluding hydrogens is 452 g/mol. The molecule has 1 N–H and O–H groups in total. The molecule has 0 radical (unpaired) electrons. The Morgan fingerprint density at radius 3 is 2.22 bits per heavy atom. The summed E-state index contributed by atoms with van der Waals surface area (Å²) < 4.78 is 33.1. The second kappa shape index (κ2) is 8.57. The molecule has 4 rings (SSSR count). The zero-order valence-electron chi connectivity index (χ0n) is 16.8. The van der Waals surface area contributed by atoms with Crippen molar-refractivity contribution < 1.29 is 22.7 Å². The molecule has 0 aromatic heterocycles. The van der Waals surface area contributed by atoms with Gasteiger partial charge in [-0.15, -0.1) is 11.6 Å². The second-order valence-corrected chi connectivity index (χ2v) is 9.02. The lowest BCUT2D eigenvalue weighted by Gasteiger charge is -2.19. The first-order chi connectivity index (χ1) is 15.3. The van der Waals surface area contributed by atoms with E-state index < -0.39 is 27.0 Å². The largest absolute Gasteiger partial charge is 0.495 e. The number of fused-ring (bicyclic) bond motifs is 1. The van der Waals surface area contributed by atoms with Crippen LogP contribution in [0, 0.1) is 0 Å². The van der Waals surface area contributed by atoms with Gasteiger partial charge in [0.15, 0.2) is 5.78 Å². The van der Waals surface area contributed by atoms with Gasteiger partial charge < -0.3 is 4.74 Å². The molecule has 9 heteroatoms. The third kappa shape index (κ3) is 4.02. The van der Waals surface area contributed by atoms with Crippen LogP contribution in [-0.4, -0.2) is 38.2 Å². The Bertz CT molecular complexity index is 1350. The molecule has 0 saturated carbocycles. The summed E-state index contributed by atoms with van der Waals surface area (Å²) in [5.41, 5.74) is 1.00. The number of nitrogens with one attached hydrogen (secondary N) is 1. The first-order valence-corrected chi connectivity index (χ1v) is 11.4. The predicted octanol–water partition coefficient (Wildman–Crippen LogP) is 4.26. The molecule has 0 bridgehead atoms. The normalized spacial score (nSPS) is 17.2. The average Bonchev–Trinajstić information content (AvgIpc) is 2.81. The van der Waals surface area contributed by atoms with Crippen molar-refractivity contribution in [2.24, 2.45) is 4.99 Å². The fraction of sp³-hybridized carbons (Fsp3) is 0.0870. The number of aliphatic imine (C=N–C) groups is 1. The minimum absolute atomic E-state index is 0.00817. The van der Waals surface area contributed by atoms with Gasteiger partial charge in [-0.25, -0.2) is 13.4 Å². The van der Waals surface area contributed by atoms with E-state index in [1.807, 2.05) is 0 Å². The quantitative estimate of drug-likeness (QED) is 0.564. The highest BCUT2D eigenvalue weighted by Crippen LogP contribution is 2.28. The summed E-state index contributed by atoms with van der Waals surface area (Å²) in [6.45, 7) is 0. The number of rotatable bonds is 5. The molecular formula is C23H17ClN2O5S. The zero-order valence-corrected chi connectivity index (χ0v) is 18.4. The van der Waals surface area contributed by atoms with Gasteiger partial charge in [0.1, 0.15) is 16.8 Å². The monoisotopic (exact) mass is 468 g/mol. The number of ketones is 2. The number of nitrogens with zero attached hydrogens (tertiary/aromatic N) is 1. The Balaban J connectivity index is 1.62. The SMILES string of the molecule is COc1ccccc1NS(=O)(=O)c1ccc(N=C2C(=O)c3ccccc3C(=O)C2Cl)cc1. The summed E-state index contributed by atoms with van der Waals surface area (Å²) >= 11 is 6.21. The number of halogens is 1. The number of methoxy groups -OCH3 is 1. The van der Waals surface area contributed by atoms with Crippen LogP contribution in [0.5, 0.6) is 5.75 Å². The van der Waals surface area contributed by atoms with E-state index in [2.05, 4.69) is 9.71 Å². The van der Waals surface area contributed by atoms with E-state index in [1.54, 1.807) is 48.5 Å². The lowest BCUT2D eigenvalue weighted by molar-refractivity contribution is 0.0968. The summed E-state index contributed by atoms with van der Waals surface area (Å²) in [4.78, 5) is 29.5. The third-order valence-corrected chi connectivity index (χ3v) is 6.67. The van der Waals surface area contributed by atoms with Crippen LogP contribution in [0.3, 0.4) is 0 Å². The van der Waals surface area contributed by atoms with E-state index in [4.69, 9.17) is 16.3 Å². The van der Waals surface area contributed by atoms with Gasteiger partial charge in [-0.05, 0) is 36.4 Å². The Morgan fingerprint density at radius 2 is 1.53 bits per heavy atom. The van der Waals surface area contributed by atoms with Crippen molar-refractivity contribution in [1.82, 2.24) is 0 Å². The Hall–Kier alpha value is -3.49. The number of sulfonamides is 1. The molecule has 0 heterocycles. The number of hydrogen-bond donors (Lipinski definition) is 1. The summed E-state index contributed by atoms with van der Waals surface area (Å²) in [5.74, 6) is -0.455. The number of hydrogen-bond acceptors (Lipinski definition) is 6. The standard InChI is InChI=1S/C23H17ClN2O5S/c1-31-19-9-5-4-8-18(19)26-32(29,30)15-12-10-14(11-13-15)25-21-20(24)22(27)16-6-2-3-7-17(16)23(21)28/h2-13,20,26H,1H3. The molecule has 32 heavy (non-hydrogen) atoms. The molecule has 162 valence electrons. The fourth-order valence-corrected chi connectivity index (χ4v) is 4.62. The minimum Gasteiger partial charge on any atom is -0.495 e. The van der Waals surface area contributed by atoms with Gasteiger partial charge >= 0.3 is 0 Å². The molecule has 3 aromatic rings. The van der Waals surface area contributed by atoms with Crippen LogP contribution in [-0.2, 0) is 10.0 Å². The molecule has 1 atom stereocenters. The smallest absolute Gasteiger partial charge is 0.262 e. The number of carbonyl (C=O) groups excluding carboxylic acids is 2. The van der Waals surface area contributed by atoms with Crippen molar-refractivity contribution >= 4 is 50.3 Å². The number of Topliss-reactive ketones (excluding diaryl/α,β-unsaturated/α-hetero) is 2. The van der Waals surface area contributed by atoms with Crippen molar-refractivity contribution in [3.8, 4) is 5.75 Å². The number of ether oxygens (including phenoxy) is 1. The molecule has 0 saturated heterocycles. The zero-order chi connectivity index (χ0) is 22.9. The van der Waals surface area contributed by atoms with Gasteiger partial charge in [-0.3, -0.25) is 14.3 Å². The molecule has 0 aliphatic heterocycles. The van der Waals surface area contributed by atoms with Gasteiger partial charge in [-0.1, -0.05) is 36.4 Å². The third-order valence-electron chi connectivity index (χ3n) is 4.89. The highest BCUT2D eigenvalue weighted by molar-refractivity contribution is 7.92. The van der Waals surface area contributed by atoms with E-state index in [-0.39, 0.29) is 21.7 Å². The fourth-order valence-electron chi connectivity index (χ4n) is 3.29. The van der Waals surface area contributed by atoms with E-state index in [0.717, 1.165) is 0 Å². The molecule has 1 unspecified atom stereocenters. The van der Waals surface area contributed by atoms with Crippen molar-refractivity contribution in [1.29, 1.82) is 0 Å². The number of alkyl halides is 1. The Labute approximate surface area is 189 Å². The molecule has 7 nitrogen and oxygen atoms in total. The Kier molecular flexibility index (Phi) is 5.82. The van der Waals surface area contributed by atoms with E-state index in [9.17, 15) is 18.0 Å². The Morgan fingerprint density at radius 1 is 0.906 bits per heavy atom. The highest BCUT2D eigenvalue weighted by atomic mass is 35.5. The number of para-hydroxylation sites is 2. The number of benzene rings is 3. The van der Waals surface area contributed by atoms with Crippen LogP contribution < -0.4 is 9.46 Å². The first kappa shape index (κ1) is 21.7. The lowest BCUT2D eigenvalue weighted by Crippen LogP contribution is -2.37. The highest BCUT2D eigenvalue weighted by Gasteiger charge is 2.37. The van der Waals surface area contributed by atoms with Crippen LogP contribution in [0.25, 0.3) is 0 Å². The summed E-state index contributed by atoms with van der Waals surface area (Å²) in [7, 11) is -2.45. The van der Waals surface area contributed by atoms with Crippen molar-refractivity contribution in [2.75, 3.05) is 11.8 Å². The van der Waals surface area contributed by atoms with Crippen molar-refractivity contribution in [3.05, 3.63) is 83.9 Å². The summed E-state index contributed by atoms with van der Waals surface area (Å²) in [5, 5.41) is -1.21. The predicted molar refractivity (Wildman–Crippen MR) is 122 cm³/mol. The maximum atomic E-state index is 12.8. The van der Waals surface area contributed by atoms with Crippen LogP contribution in [0.2, 0.25) is 0 Å². The maximum absolute atomic E-state index is 12.8. The topological polar surface area (TPSA) is 102 Å². The van der Waals surface area contributed by atoms with Gasteiger partial charge in [0.05, 0.1) is 23.4 Å². The maximum Gasteiger partial charge on any atom is 0.262 e. The van der Waals surface area contributed by atoms with Gasteiger partial charge in [0.25, 0.3) is 10.0 Å². The van der Waals surface area contributed by atoms with Crippen LogP contribution >= 0.6 is 11.6 Å². The second-order valence-electron chi connectivity index (χ2n) is 6.90. The summed E-state index contributed by atoms with van der Waals surface area (Å²) in [6, 6.07) is 18.6. The van der Waals surface area contributed by atoms with Crippen LogP contribution in [0.4, 0.5) is 11.4 Å². The minimum atomic E-state index is -3.89. The van der Waals surface area contributed by atoms with Crippen LogP contribution in [0.15, 0.2) is 82.7 Å². The summed E-state index contributed by atoms with van der Waals surface area (Å²) in [6.07, 6.45) is 0. The van der Waals surface area contributed by atoms with E-state index in [1.165, 1.54) is 31.4 Å². The number of carbonyl (C=O) groups is 2. The molecule has 1 aliphatic carbocycles. The van der Waals surface area contributed by atoms with Gasteiger partial charge in [0, 0.05) is 11.1 Å². The molecule has 0 fully saturated rings. The van der Waals surface area contributed by atoms with Crippen molar-refractivity contribution in [3.63, 3.8) is 0 Å².